The molecule has 2 aliphatic rings. The minimum Gasteiger partial charge on any atom is -0.366 e. The lowest BCUT2D eigenvalue weighted by molar-refractivity contribution is 0.0852. The summed E-state index contributed by atoms with van der Waals surface area (Å²) in [5, 5.41) is 0. The van der Waals surface area contributed by atoms with Gasteiger partial charge in [0.05, 0.1) is 11.7 Å². The van der Waals surface area contributed by atoms with E-state index in [1.165, 1.54) is 32.1 Å². The van der Waals surface area contributed by atoms with Crippen molar-refractivity contribution in [3.05, 3.63) is 0 Å². The number of fused-ring (bicyclic) bond motifs is 1. The van der Waals surface area contributed by atoms with Gasteiger partial charge in [0.1, 0.15) is 0 Å². The van der Waals surface area contributed by atoms with Gasteiger partial charge in [-0.3, -0.25) is 0 Å². The monoisotopic (exact) mass is 196 g/mol. The van der Waals surface area contributed by atoms with Gasteiger partial charge >= 0.3 is 0 Å². The van der Waals surface area contributed by atoms with Gasteiger partial charge < -0.3 is 4.74 Å². The molecule has 0 radical (unpaired) electrons. The van der Waals surface area contributed by atoms with Gasteiger partial charge in [-0.1, -0.05) is 33.6 Å². The van der Waals surface area contributed by atoms with E-state index in [2.05, 4.69) is 27.7 Å². The molecule has 2 rings (SSSR count). The summed E-state index contributed by atoms with van der Waals surface area (Å²) >= 11 is 0. The van der Waals surface area contributed by atoms with Crippen molar-refractivity contribution in [2.45, 2.75) is 71.5 Å². The maximum absolute atomic E-state index is 5.91. The van der Waals surface area contributed by atoms with Crippen LogP contribution in [0.5, 0.6) is 0 Å². The smallest absolute Gasteiger partial charge is 0.0953 e. The summed E-state index contributed by atoms with van der Waals surface area (Å²) in [5.74, 6) is 0.786. The highest BCUT2D eigenvalue weighted by Gasteiger charge is 2.63. The molecule has 1 heterocycles. The van der Waals surface area contributed by atoms with Gasteiger partial charge in [-0.2, -0.15) is 0 Å². The second-order valence-corrected chi connectivity index (χ2v) is 6.01. The Hall–Kier alpha value is -0.0400. The molecule has 0 amide bonds. The summed E-state index contributed by atoms with van der Waals surface area (Å²) in [7, 11) is 0. The standard InChI is InChI=1S/C13H24O/c1-5-6-7-10-12(2,3)9-8-11-13(10,4)14-11/h10-11H,5-9H2,1-4H3/t10-,11+,13-/m1/s1. The maximum atomic E-state index is 5.91. The van der Waals surface area contributed by atoms with Gasteiger partial charge in [0.15, 0.2) is 0 Å². The molecule has 1 aliphatic carbocycles. The summed E-state index contributed by atoms with van der Waals surface area (Å²) in [4.78, 5) is 0. The quantitative estimate of drug-likeness (QED) is 0.626. The zero-order chi connectivity index (χ0) is 10.4. The van der Waals surface area contributed by atoms with Crippen LogP contribution in [0.15, 0.2) is 0 Å². The number of hydrogen-bond acceptors (Lipinski definition) is 1. The van der Waals surface area contributed by atoms with Gasteiger partial charge in [0.25, 0.3) is 0 Å². The van der Waals surface area contributed by atoms with Gasteiger partial charge in [-0.05, 0) is 37.5 Å². The van der Waals surface area contributed by atoms with E-state index < -0.39 is 0 Å². The van der Waals surface area contributed by atoms with Crippen molar-refractivity contribution in [3.8, 4) is 0 Å². The van der Waals surface area contributed by atoms with E-state index in [1.807, 2.05) is 0 Å². The van der Waals surface area contributed by atoms with Crippen molar-refractivity contribution in [2.24, 2.45) is 11.3 Å². The first kappa shape index (κ1) is 10.5. The van der Waals surface area contributed by atoms with E-state index in [4.69, 9.17) is 4.74 Å². The van der Waals surface area contributed by atoms with E-state index in [9.17, 15) is 0 Å². The molecule has 0 N–H and O–H groups in total. The maximum Gasteiger partial charge on any atom is 0.0953 e. The van der Waals surface area contributed by atoms with E-state index in [-0.39, 0.29) is 5.60 Å². The molecule has 1 aliphatic heterocycles. The minimum absolute atomic E-state index is 0.247. The Kier molecular flexibility index (Phi) is 2.42. The van der Waals surface area contributed by atoms with E-state index >= 15 is 0 Å². The van der Waals surface area contributed by atoms with Crippen molar-refractivity contribution in [1.82, 2.24) is 0 Å². The molecular weight excluding hydrogens is 172 g/mol. The SMILES string of the molecule is CCCC[C@@H]1C(C)(C)CC[C@@H]2O[C@@]21C. The van der Waals surface area contributed by atoms with Crippen LogP contribution >= 0.6 is 0 Å². The first-order valence-electron chi connectivity index (χ1n) is 6.18. The average molecular weight is 196 g/mol. The van der Waals surface area contributed by atoms with Gasteiger partial charge in [-0.25, -0.2) is 0 Å². The Morgan fingerprint density at radius 1 is 1.29 bits per heavy atom. The van der Waals surface area contributed by atoms with Gasteiger partial charge in [0, 0.05) is 0 Å². The Balaban J connectivity index is 2.07. The third-order valence-electron chi connectivity index (χ3n) is 4.51. The van der Waals surface area contributed by atoms with Crippen LogP contribution in [0.3, 0.4) is 0 Å². The second-order valence-electron chi connectivity index (χ2n) is 6.01. The van der Waals surface area contributed by atoms with Crippen LogP contribution in [0.4, 0.5) is 0 Å². The lowest BCUT2D eigenvalue weighted by Crippen LogP contribution is -2.40. The highest BCUT2D eigenvalue weighted by atomic mass is 16.6. The molecule has 2 fully saturated rings. The lowest BCUT2D eigenvalue weighted by atomic mass is 9.62. The molecule has 0 aromatic carbocycles. The Bertz CT molecular complexity index is 217. The molecule has 0 aromatic rings. The van der Waals surface area contributed by atoms with Crippen LogP contribution in [-0.4, -0.2) is 11.7 Å². The average Bonchev–Trinajstić information content (AvgIpc) is 2.75. The third kappa shape index (κ3) is 1.50. The van der Waals surface area contributed by atoms with Gasteiger partial charge in [-0.15, -0.1) is 0 Å². The van der Waals surface area contributed by atoms with Crippen LogP contribution < -0.4 is 0 Å². The largest absolute Gasteiger partial charge is 0.366 e. The number of hydrogen-bond donors (Lipinski definition) is 0. The molecule has 1 heteroatoms. The van der Waals surface area contributed by atoms with Crippen molar-refractivity contribution in [1.29, 1.82) is 0 Å². The predicted octanol–water partition coefficient (Wildman–Crippen LogP) is 3.77. The van der Waals surface area contributed by atoms with Crippen LogP contribution in [0.1, 0.15) is 59.8 Å². The zero-order valence-electron chi connectivity index (χ0n) is 10.1. The van der Waals surface area contributed by atoms with Crippen molar-refractivity contribution >= 4 is 0 Å². The fourth-order valence-electron chi connectivity index (χ4n) is 3.46. The van der Waals surface area contributed by atoms with E-state index in [0.29, 0.717) is 11.5 Å². The van der Waals surface area contributed by atoms with Crippen LogP contribution in [-0.2, 0) is 4.74 Å². The topological polar surface area (TPSA) is 12.5 Å². The van der Waals surface area contributed by atoms with Crippen molar-refractivity contribution in [3.63, 3.8) is 0 Å². The first-order valence-corrected chi connectivity index (χ1v) is 6.18. The zero-order valence-corrected chi connectivity index (χ0v) is 10.1. The molecule has 82 valence electrons. The number of epoxide rings is 1. The molecule has 1 nitrogen and oxygen atoms in total. The van der Waals surface area contributed by atoms with Crippen LogP contribution in [0, 0.1) is 11.3 Å². The lowest BCUT2D eigenvalue weighted by Gasteiger charge is -2.40. The summed E-state index contributed by atoms with van der Waals surface area (Å²) in [6.45, 7) is 9.47. The van der Waals surface area contributed by atoms with E-state index in [1.54, 1.807) is 0 Å². The summed E-state index contributed by atoms with van der Waals surface area (Å²) in [5.41, 5.74) is 0.744. The van der Waals surface area contributed by atoms with Crippen LogP contribution in [0.25, 0.3) is 0 Å². The van der Waals surface area contributed by atoms with E-state index in [0.717, 1.165) is 5.92 Å². The highest BCUT2D eigenvalue weighted by Crippen LogP contribution is 2.59. The third-order valence-corrected chi connectivity index (χ3v) is 4.51. The Labute approximate surface area is 88.2 Å². The normalized spacial score (nSPS) is 44.6. The molecule has 0 bridgehead atoms. The molecule has 1 saturated carbocycles. The molecule has 0 aromatic heterocycles. The van der Waals surface area contributed by atoms with Crippen molar-refractivity contribution in [2.75, 3.05) is 0 Å². The van der Waals surface area contributed by atoms with Crippen LogP contribution in [0.2, 0.25) is 0 Å². The minimum atomic E-state index is 0.247. The summed E-state index contributed by atoms with van der Waals surface area (Å²) in [6.07, 6.45) is 7.26. The molecule has 14 heavy (non-hydrogen) atoms. The number of unbranched alkanes of at least 4 members (excludes halogenated alkanes) is 1. The summed E-state index contributed by atoms with van der Waals surface area (Å²) < 4.78 is 5.91. The Morgan fingerprint density at radius 3 is 2.64 bits per heavy atom. The summed E-state index contributed by atoms with van der Waals surface area (Å²) in [6, 6.07) is 0. The molecule has 1 saturated heterocycles. The fraction of sp³-hybridized carbons (Fsp3) is 1.00. The number of rotatable bonds is 3. The Morgan fingerprint density at radius 2 is 2.00 bits per heavy atom. The highest BCUT2D eigenvalue weighted by molar-refractivity contribution is 5.11. The predicted molar refractivity (Wildman–Crippen MR) is 59.3 cm³/mol. The number of ether oxygens (including phenoxy) is 1. The molecule has 0 spiro atoms. The van der Waals surface area contributed by atoms with Crippen molar-refractivity contribution < 1.29 is 4.74 Å². The second kappa shape index (κ2) is 3.23. The first-order chi connectivity index (χ1) is 6.50. The fourth-order valence-corrected chi connectivity index (χ4v) is 3.46. The van der Waals surface area contributed by atoms with Gasteiger partial charge in [0.2, 0.25) is 0 Å². The molecule has 3 atom stereocenters. The molecular formula is C13H24O. The molecule has 0 unspecified atom stereocenters.